The first-order chi connectivity index (χ1) is 5.77. The highest BCUT2D eigenvalue weighted by Gasteiger charge is 2.03. The molecule has 1 rings (SSSR count). The van der Waals surface area contributed by atoms with Gasteiger partial charge in [-0.2, -0.15) is 0 Å². The third kappa shape index (κ3) is 1.72. The SMILES string of the molecule is C=Cc1c[c]cc(C(=O)OC)c1. The van der Waals surface area contributed by atoms with Crippen LogP contribution in [0.4, 0.5) is 0 Å². The number of carbonyl (C=O) groups excluding carboxylic acids is 1. The second kappa shape index (κ2) is 3.72. The van der Waals surface area contributed by atoms with Crippen LogP contribution in [0.2, 0.25) is 0 Å². The summed E-state index contributed by atoms with van der Waals surface area (Å²) in [6.07, 6.45) is 1.66. The number of carbonyl (C=O) groups is 1. The Morgan fingerprint density at radius 3 is 3.00 bits per heavy atom. The molecule has 0 heterocycles. The summed E-state index contributed by atoms with van der Waals surface area (Å²) in [5, 5.41) is 0. The molecule has 1 aromatic rings. The van der Waals surface area contributed by atoms with Crippen LogP contribution < -0.4 is 0 Å². The maximum absolute atomic E-state index is 11.0. The molecule has 0 bridgehead atoms. The smallest absolute Gasteiger partial charge is 0.337 e. The van der Waals surface area contributed by atoms with Crippen LogP contribution in [0.3, 0.4) is 0 Å². The quantitative estimate of drug-likeness (QED) is 0.619. The van der Waals surface area contributed by atoms with Crippen molar-refractivity contribution in [2.45, 2.75) is 0 Å². The Kier molecular flexibility index (Phi) is 2.64. The topological polar surface area (TPSA) is 26.3 Å². The Labute approximate surface area is 71.5 Å². The molecule has 2 nitrogen and oxygen atoms in total. The minimum absolute atomic E-state index is 0.352. The van der Waals surface area contributed by atoms with Crippen molar-refractivity contribution >= 4 is 12.0 Å². The van der Waals surface area contributed by atoms with Gasteiger partial charge in [0.1, 0.15) is 0 Å². The Morgan fingerprint density at radius 2 is 2.42 bits per heavy atom. The second-order valence-electron chi connectivity index (χ2n) is 2.25. The number of esters is 1. The van der Waals surface area contributed by atoms with Crippen LogP contribution in [0.1, 0.15) is 15.9 Å². The fraction of sp³-hybridized carbons (Fsp3) is 0.100. The molecule has 0 N–H and O–H groups in total. The largest absolute Gasteiger partial charge is 0.465 e. The van der Waals surface area contributed by atoms with E-state index in [1.165, 1.54) is 7.11 Å². The van der Waals surface area contributed by atoms with Crippen molar-refractivity contribution in [3.8, 4) is 0 Å². The molecule has 1 radical (unpaired) electrons. The fourth-order valence-electron chi connectivity index (χ4n) is 0.844. The van der Waals surface area contributed by atoms with Gasteiger partial charge in [-0.1, -0.05) is 12.7 Å². The number of hydrogen-bond donors (Lipinski definition) is 0. The van der Waals surface area contributed by atoms with E-state index in [4.69, 9.17) is 0 Å². The second-order valence-corrected chi connectivity index (χ2v) is 2.25. The highest BCUT2D eigenvalue weighted by molar-refractivity contribution is 5.89. The monoisotopic (exact) mass is 161 g/mol. The zero-order chi connectivity index (χ0) is 8.97. The zero-order valence-electron chi connectivity index (χ0n) is 6.83. The molecule has 0 fully saturated rings. The van der Waals surface area contributed by atoms with Crippen molar-refractivity contribution in [1.82, 2.24) is 0 Å². The lowest BCUT2D eigenvalue weighted by molar-refractivity contribution is 0.0600. The van der Waals surface area contributed by atoms with Crippen molar-refractivity contribution in [1.29, 1.82) is 0 Å². The molecule has 0 aliphatic heterocycles. The molecule has 0 aliphatic rings. The van der Waals surface area contributed by atoms with Gasteiger partial charge in [0, 0.05) is 0 Å². The normalized spacial score (nSPS) is 9.08. The molecule has 2 heteroatoms. The molecule has 0 aromatic heterocycles. The van der Waals surface area contributed by atoms with Gasteiger partial charge in [-0.3, -0.25) is 0 Å². The number of hydrogen-bond acceptors (Lipinski definition) is 2. The predicted octanol–water partition coefficient (Wildman–Crippen LogP) is 1.92. The van der Waals surface area contributed by atoms with Gasteiger partial charge in [-0.15, -0.1) is 0 Å². The van der Waals surface area contributed by atoms with Crippen LogP contribution in [0.5, 0.6) is 0 Å². The van der Waals surface area contributed by atoms with Gasteiger partial charge in [0.25, 0.3) is 0 Å². The average molecular weight is 161 g/mol. The summed E-state index contributed by atoms with van der Waals surface area (Å²) in [5.41, 5.74) is 1.35. The van der Waals surface area contributed by atoms with Crippen molar-refractivity contribution < 1.29 is 9.53 Å². The molecule has 0 spiro atoms. The Bertz CT molecular complexity index is 302. The number of methoxy groups -OCH3 is 1. The molecule has 12 heavy (non-hydrogen) atoms. The first-order valence-electron chi connectivity index (χ1n) is 3.50. The van der Waals surface area contributed by atoms with Crippen molar-refractivity contribution in [3.05, 3.63) is 42.0 Å². The van der Waals surface area contributed by atoms with E-state index >= 15 is 0 Å². The van der Waals surface area contributed by atoms with Gasteiger partial charge < -0.3 is 4.74 Å². The van der Waals surface area contributed by atoms with E-state index in [2.05, 4.69) is 17.4 Å². The maximum atomic E-state index is 11.0. The lowest BCUT2D eigenvalue weighted by Crippen LogP contribution is -2.00. The molecular formula is C10H9O2. The van der Waals surface area contributed by atoms with Gasteiger partial charge in [0.05, 0.1) is 12.7 Å². The summed E-state index contributed by atoms with van der Waals surface area (Å²) in [5.74, 6) is -0.352. The van der Waals surface area contributed by atoms with Crippen LogP contribution >= 0.6 is 0 Å². The molecule has 0 amide bonds. The van der Waals surface area contributed by atoms with Crippen LogP contribution in [0, 0.1) is 6.07 Å². The fourth-order valence-corrected chi connectivity index (χ4v) is 0.844. The lowest BCUT2D eigenvalue weighted by Gasteiger charge is -1.98. The summed E-state index contributed by atoms with van der Waals surface area (Å²) in [7, 11) is 1.35. The molecular weight excluding hydrogens is 152 g/mol. The Morgan fingerprint density at radius 1 is 1.67 bits per heavy atom. The molecule has 0 saturated heterocycles. The highest BCUT2D eigenvalue weighted by atomic mass is 16.5. The van der Waals surface area contributed by atoms with Gasteiger partial charge in [-0.25, -0.2) is 4.79 Å². The zero-order valence-corrected chi connectivity index (χ0v) is 6.83. The number of ether oxygens (including phenoxy) is 1. The van der Waals surface area contributed by atoms with E-state index in [1.54, 1.807) is 24.3 Å². The summed E-state index contributed by atoms with van der Waals surface area (Å²) >= 11 is 0. The molecule has 0 atom stereocenters. The minimum Gasteiger partial charge on any atom is -0.465 e. The third-order valence-corrected chi connectivity index (χ3v) is 1.47. The first-order valence-corrected chi connectivity index (χ1v) is 3.50. The standard InChI is InChI=1S/C10H9O2/c1-3-8-5-4-6-9(7-8)10(11)12-2/h3,5-7H,1H2,2H3. The summed E-state index contributed by atoms with van der Waals surface area (Å²) < 4.78 is 4.54. The van der Waals surface area contributed by atoms with Gasteiger partial charge >= 0.3 is 5.97 Å². The van der Waals surface area contributed by atoms with E-state index in [1.807, 2.05) is 0 Å². The molecule has 1 aromatic carbocycles. The molecule has 0 unspecified atom stereocenters. The summed E-state index contributed by atoms with van der Waals surface area (Å²) in [6, 6.07) is 7.86. The average Bonchev–Trinajstić information content (AvgIpc) is 2.17. The first kappa shape index (κ1) is 8.53. The van der Waals surface area contributed by atoms with Crippen molar-refractivity contribution in [2.24, 2.45) is 0 Å². The van der Waals surface area contributed by atoms with Crippen LogP contribution in [0.25, 0.3) is 6.08 Å². The summed E-state index contributed by atoms with van der Waals surface area (Å²) in [6.45, 7) is 3.59. The lowest BCUT2D eigenvalue weighted by atomic mass is 10.1. The van der Waals surface area contributed by atoms with Crippen LogP contribution in [0.15, 0.2) is 24.8 Å². The van der Waals surface area contributed by atoms with Gasteiger partial charge in [0.2, 0.25) is 0 Å². The Balaban J connectivity index is 3.01. The number of rotatable bonds is 2. The maximum Gasteiger partial charge on any atom is 0.337 e. The van der Waals surface area contributed by atoms with E-state index in [0.717, 1.165) is 5.56 Å². The van der Waals surface area contributed by atoms with Crippen LogP contribution in [-0.2, 0) is 4.74 Å². The molecule has 61 valence electrons. The predicted molar refractivity (Wildman–Crippen MR) is 46.7 cm³/mol. The third-order valence-electron chi connectivity index (χ3n) is 1.47. The Hall–Kier alpha value is -1.57. The van der Waals surface area contributed by atoms with Crippen molar-refractivity contribution in [2.75, 3.05) is 7.11 Å². The van der Waals surface area contributed by atoms with E-state index in [-0.39, 0.29) is 5.97 Å². The highest BCUT2D eigenvalue weighted by Crippen LogP contribution is 2.06. The molecule has 0 saturated carbocycles. The van der Waals surface area contributed by atoms with Crippen molar-refractivity contribution in [3.63, 3.8) is 0 Å². The van der Waals surface area contributed by atoms with E-state index in [0.29, 0.717) is 5.56 Å². The van der Waals surface area contributed by atoms with E-state index in [9.17, 15) is 4.79 Å². The van der Waals surface area contributed by atoms with Gasteiger partial charge in [0.15, 0.2) is 0 Å². The van der Waals surface area contributed by atoms with E-state index < -0.39 is 0 Å². The molecule has 0 aliphatic carbocycles. The minimum atomic E-state index is -0.352. The van der Waals surface area contributed by atoms with Crippen LogP contribution in [-0.4, -0.2) is 13.1 Å². The van der Waals surface area contributed by atoms with Gasteiger partial charge in [-0.05, 0) is 29.8 Å². The summed E-state index contributed by atoms with van der Waals surface area (Å²) in [4.78, 5) is 11.0. The number of benzene rings is 1.